The molecule has 0 aliphatic rings. The highest BCUT2D eigenvalue weighted by Gasteiger charge is 2.10. The Balaban J connectivity index is 3.41. The maximum atomic E-state index is 11.3. The van der Waals surface area contributed by atoms with Crippen LogP contribution in [0.5, 0.6) is 0 Å². The van der Waals surface area contributed by atoms with E-state index in [-0.39, 0.29) is 11.9 Å². The molecule has 0 aromatic carbocycles. The molecule has 0 aliphatic heterocycles. The number of unbranched alkanes of at least 4 members (excludes halogenated alkanes) is 3. The van der Waals surface area contributed by atoms with E-state index >= 15 is 0 Å². The molecule has 0 rings (SSSR count). The van der Waals surface area contributed by atoms with Crippen LogP contribution in [-0.4, -0.2) is 29.7 Å². The molecule has 0 aliphatic carbocycles. The molecule has 2 unspecified atom stereocenters. The van der Waals surface area contributed by atoms with Crippen molar-refractivity contribution in [1.82, 2.24) is 5.32 Å². The Morgan fingerprint density at radius 2 is 2.07 bits per heavy atom. The maximum Gasteiger partial charge on any atom is 0.220 e. The molecule has 90 valence electrons. The average Bonchev–Trinajstić information content (AvgIpc) is 2.20. The van der Waals surface area contributed by atoms with Crippen LogP contribution >= 0.6 is 0 Å². The van der Waals surface area contributed by atoms with E-state index in [1.165, 1.54) is 12.8 Å². The van der Waals surface area contributed by atoms with E-state index in [0.29, 0.717) is 13.0 Å². The van der Waals surface area contributed by atoms with Gasteiger partial charge in [-0.2, -0.15) is 0 Å². The van der Waals surface area contributed by atoms with Crippen molar-refractivity contribution in [1.29, 1.82) is 0 Å². The molecule has 0 saturated heterocycles. The Labute approximate surface area is 92.2 Å². The van der Waals surface area contributed by atoms with Crippen LogP contribution in [0.25, 0.3) is 0 Å². The molecule has 1 amide bonds. The summed E-state index contributed by atoms with van der Waals surface area (Å²) >= 11 is 0. The predicted octanol–water partition coefficient (Wildman–Crippen LogP) is 0.781. The molecule has 4 N–H and O–H groups in total. The Hall–Kier alpha value is -0.610. The normalized spacial score (nSPS) is 14.7. The second-order valence-electron chi connectivity index (χ2n) is 4.02. The Kier molecular flexibility index (Phi) is 8.33. The van der Waals surface area contributed by atoms with E-state index in [1.54, 1.807) is 6.92 Å². The van der Waals surface area contributed by atoms with Gasteiger partial charge in [-0.3, -0.25) is 4.79 Å². The van der Waals surface area contributed by atoms with Crippen LogP contribution in [0.4, 0.5) is 0 Å². The molecule has 4 heteroatoms. The number of carbonyl (C=O) groups is 1. The van der Waals surface area contributed by atoms with Gasteiger partial charge >= 0.3 is 0 Å². The number of hydrogen-bond acceptors (Lipinski definition) is 3. The quantitative estimate of drug-likeness (QED) is 0.525. The summed E-state index contributed by atoms with van der Waals surface area (Å²) in [4.78, 5) is 11.3. The van der Waals surface area contributed by atoms with Gasteiger partial charge in [-0.1, -0.05) is 26.2 Å². The van der Waals surface area contributed by atoms with E-state index in [9.17, 15) is 4.79 Å². The molecule has 4 nitrogen and oxygen atoms in total. The molecule has 2 atom stereocenters. The number of aliphatic hydroxyl groups excluding tert-OH is 1. The van der Waals surface area contributed by atoms with Crippen LogP contribution in [0.2, 0.25) is 0 Å². The van der Waals surface area contributed by atoms with Crippen molar-refractivity contribution in [3.63, 3.8) is 0 Å². The van der Waals surface area contributed by atoms with Crippen molar-refractivity contribution < 1.29 is 9.90 Å². The van der Waals surface area contributed by atoms with Crippen molar-refractivity contribution in [2.45, 2.75) is 58.1 Å². The van der Waals surface area contributed by atoms with E-state index in [2.05, 4.69) is 12.2 Å². The fraction of sp³-hybridized carbons (Fsp3) is 0.909. The largest absolute Gasteiger partial charge is 0.392 e. The zero-order valence-corrected chi connectivity index (χ0v) is 9.83. The third-order valence-corrected chi connectivity index (χ3v) is 2.41. The summed E-state index contributed by atoms with van der Waals surface area (Å²) < 4.78 is 0. The van der Waals surface area contributed by atoms with E-state index in [0.717, 1.165) is 12.8 Å². The second kappa shape index (κ2) is 8.68. The highest BCUT2D eigenvalue weighted by Crippen LogP contribution is 2.01. The molecule has 0 fully saturated rings. The van der Waals surface area contributed by atoms with Gasteiger partial charge in [0.2, 0.25) is 5.91 Å². The first kappa shape index (κ1) is 14.4. The van der Waals surface area contributed by atoms with Gasteiger partial charge in [0.1, 0.15) is 0 Å². The molecular weight excluding hydrogens is 192 g/mol. The maximum absolute atomic E-state index is 11.3. The molecular formula is C11H24N2O2. The summed E-state index contributed by atoms with van der Waals surface area (Å²) in [5.41, 5.74) is 5.58. The minimum atomic E-state index is -0.578. The number of nitrogens with one attached hydrogen (secondary N) is 1. The summed E-state index contributed by atoms with van der Waals surface area (Å²) in [6.07, 6.45) is 4.38. The van der Waals surface area contributed by atoms with Gasteiger partial charge in [-0.05, 0) is 13.3 Å². The number of rotatable bonds is 8. The first-order chi connectivity index (χ1) is 7.07. The molecule has 15 heavy (non-hydrogen) atoms. The zero-order chi connectivity index (χ0) is 11.7. The molecule has 0 bridgehead atoms. The predicted molar refractivity (Wildman–Crippen MR) is 61.4 cm³/mol. The van der Waals surface area contributed by atoms with Crippen LogP contribution in [-0.2, 0) is 4.79 Å². The molecule has 0 heterocycles. The molecule has 0 saturated carbocycles. The summed E-state index contributed by atoms with van der Waals surface area (Å²) in [7, 11) is 0. The second-order valence-corrected chi connectivity index (χ2v) is 4.02. The first-order valence-corrected chi connectivity index (χ1v) is 5.78. The van der Waals surface area contributed by atoms with Gasteiger partial charge in [0.25, 0.3) is 0 Å². The molecule has 0 spiro atoms. The Morgan fingerprint density at radius 3 is 2.60 bits per heavy atom. The van der Waals surface area contributed by atoms with Gasteiger partial charge < -0.3 is 16.2 Å². The lowest BCUT2D eigenvalue weighted by Gasteiger charge is -2.15. The third-order valence-electron chi connectivity index (χ3n) is 2.41. The van der Waals surface area contributed by atoms with E-state index < -0.39 is 6.10 Å². The van der Waals surface area contributed by atoms with Crippen LogP contribution in [0.3, 0.4) is 0 Å². The molecule has 0 aromatic heterocycles. The van der Waals surface area contributed by atoms with Gasteiger partial charge in [-0.15, -0.1) is 0 Å². The van der Waals surface area contributed by atoms with Crippen LogP contribution < -0.4 is 11.1 Å². The van der Waals surface area contributed by atoms with Crippen molar-refractivity contribution in [3.8, 4) is 0 Å². The minimum Gasteiger partial charge on any atom is -0.392 e. The fourth-order valence-corrected chi connectivity index (χ4v) is 1.20. The number of hydrogen-bond donors (Lipinski definition) is 3. The van der Waals surface area contributed by atoms with Gasteiger partial charge in [0, 0.05) is 19.0 Å². The smallest absolute Gasteiger partial charge is 0.220 e. The summed E-state index contributed by atoms with van der Waals surface area (Å²) in [6, 6.07) is -0.371. The van der Waals surface area contributed by atoms with Gasteiger partial charge in [0.05, 0.1) is 6.10 Å². The summed E-state index contributed by atoms with van der Waals surface area (Å²) in [5.74, 6) is 0.0298. The van der Waals surface area contributed by atoms with E-state index in [4.69, 9.17) is 10.8 Å². The highest BCUT2D eigenvalue weighted by molar-refractivity contribution is 5.75. The SMILES string of the molecule is CCCCCCC(=O)NCC(N)C(C)O. The summed E-state index contributed by atoms with van der Waals surface area (Å²) in [6.45, 7) is 4.12. The average molecular weight is 216 g/mol. The monoisotopic (exact) mass is 216 g/mol. The van der Waals surface area contributed by atoms with Crippen molar-refractivity contribution in [2.75, 3.05) is 6.54 Å². The highest BCUT2D eigenvalue weighted by atomic mass is 16.3. The van der Waals surface area contributed by atoms with Crippen molar-refractivity contribution in [2.24, 2.45) is 5.73 Å². The number of nitrogens with two attached hydrogens (primary N) is 1. The lowest BCUT2D eigenvalue weighted by molar-refractivity contribution is -0.121. The lowest BCUT2D eigenvalue weighted by Crippen LogP contribution is -2.43. The van der Waals surface area contributed by atoms with Crippen molar-refractivity contribution >= 4 is 5.91 Å². The van der Waals surface area contributed by atoms with E-state index in [1.807, 2.05) is 0 Å². The number of aliphatic hydroxyl groups is 1. The summed E-state index contributed by atoms with van der Waals surface area (Å²) in [5, 5.41) is 11.8. The molecule has 0 aromatic rings. The standard InChI is InChI=1S/C11H24N2O2/c1-3-4-5-6-7-11(15)13-8-10(12)9(2)14/h9-10,14H,3-8,12H2,1-2H3,(H,13,15). The Morgan fingerprint density at radius 1 is 1.40 bits per heavy atom. The number of amides is 1. The van der Waals surface area contributed by atoms with Crippen LogP contribution in [0.1, 0.15) is 46.0 Å². The zero-order valence-electron chi connectivity index (χ0n) is 9.83. The van der Waals surface area contributed by atoms with Gasteiger partial charge in [-0.25, -0.2) is 0 Å². The first-order valence-electron chi connectivity index (χ1n) is 5.78. The van der Waals surface area contributed by atoms with Crippen LogP contribution in [0.15, 0.2) is 0 Å². The van der Waals surface area contributed by atoms with Gasteiger partial charge in [0.15, 0.2) is 0 Å². The minimum absolute atomic E-state index is 0.0298. The van der Waals surface area contributed by atoms with Crippen LogP contribution in [0, 0.1) is 0 Å². The third kappa shape index (κ3) is 8.39. The van der Waals surface area contributed by atoms with Crippen molar-refractivity contribution in [3.05, 3.63) is 0 Å². The fourth-order valence-electron chi connectivity index (χ4n) is 1.20. The topological polar surface area (TPSA) is 75.4 Å². The lowest BCUT2D eigenvalue weighted by atomic mass is 10.1. The molecule has 0 radical (unpaired) electrons. The Bertz CT molecular complexity index is 172. The number of carbonyl (C=O) groups excluding carboxylic acids is 1.